The van der Waals surface area contributed by atoms with E-state index in [2.05, 4.69) is 25.9 Å². The smallest absolute Gasteiger partial charge is 0.326 e. The minimum Gasteiger partial charge on any atom is -0.480 e. The van der Waals surface area contributed by atoms with Crippen LogP contribution in [0.2, 0.25) is 0 Å². The Morgan fingerprint density at radius 2 is 1.62 bits per heavy atom. The van der Waals surface area contributed by atoms with Crippen LogP contribution in [0, 0.1) is 0 Å². The molecule has 15 heteroatoms. The third-order valence-electron chi connectivity index (χ3n) is 5.46. The van der Waals surface area contributed by atoms with E-state index < -0.39 is 53.8 Å². The normalized spacial score (nSPS) is 14.1. The highest BCUT2D eigenvalue weighted by Gasteiger charge is 2.30. The molecule has 14 nitrogen and oxygen atoms in total. The number of unbranched alkanes of at least 4 members (excludes halogenated alkanes) is 1. The summed E-state index contributed by atoms with van der Waals surface area (Å²) in [7, 11) is 0. The molecule has 0 aromatic carbocycles. The Morgan fingerprint density at radius 3 is 2.16 bits per heavy atom. The lowest BCUT2D eigenvalue weighted by atomic mass is 10.1. The first kappa shape index (κ1) is 31.9. The van der Waals surface area contributed by atoms with Crippen molar-refractivity contribution >= 4 is 41.4 Å². The number of carboxylic acid groups (broad SMARTS) is 1. The lowest BCUT2D eigenvalue weighted by molar-refractivity contribution is -0.142. The molecule has 4 unspecified atom stereocenters. The second-order valence-electron chi connectivity index (χ2n) is 8.48. The fraction of sp³-hybridized carbons (Fsp3) is 0.636. The molecule has 0 saturated heterocycles. The summed E-state index contributed by atoms with van der Waals surface area (Å²) in [5, 5.41) is 17.1. The number of primary amides is 1. The zero-order valence-electron chi connectivity index (χ0n) is 20.9. The number of aromatic amines is 1. The van der Waals surface area contributed by atoms with Gasteiger partial charge < -0.3 is 43.2 Å². The molecule has 0 fully saturated rings. The number of carbonyl (C=O) groups is 5. The van der Waals surface area contributed by atoms with E-state index in [4.69, 9.17) is 17.2 Å². The van der Waals surface area contributed by atoms with E-state index >= 15 is 0 Å². The number of aromatic nitrogens is 2. The van der Waals surface area contributed by atoms with Gasteiger partial charge in [-0.15, -0.1) is 0 Å². The third kappa shape index (κ3) is 12.6. The van der Waals surface area contributed by atoms with Crippen LogP contribution in [0.1, 0.15) is 44.2 Å². The maximum absolute atomic E-state index is 13.1. The van der Waals surface area contributed by atoms with Crippen molar-refractivity contribution in [2.75, 3.05) is 18.6 Å². The molecule has 1 heterocycles. The van der Waals surface area contributed by atoms with Crippen LogP contribution in [-0.4, -0.2) is 87.4 Å². The predicted octanol–water partition coefficient (Wildman–Crippen LogP) is -2.03. The number of rotatable bonds is 19. The number of carbonyl (C=O) groups excluding carboxylic acids is 4. The molecule has 4 amide bonds. The zero-order valence-corrected chi connectivity index (χ0v) is 21.7. The Balaban J connectivity index is 2.94. The van der Waals surface area contributed by atoms with Gasteiger partial charge in [-0.3, -0.25) is 19.2 Å². The number of nitrogens with zero attached hydrogens (tertiary/aromatic N) is 1. The second-order valence-corrected chi connectivity index (χ2v) is 9.47. The Kier molecular flexibility index (Phi) is 14.9. The van der Waals surface area contributed by atoms with Gasteiger partial charge in [-0.05, 0) is 44.2 Å². The molecule has 1 aromatic rings. The monoisotopic (exact) mass is 542 g/mol. The van der Waals surface area contributed by atoms with Crippen molar-refractivity contribution < 1.29 is 29.1 Å². The number of amides is 4. The molecule has 0 saturated carbocycles. The van der Waals surface area contributed by atoms with Gasteiger partial charge in [0.05, 0.1) is 12.4 Å². The first-order chi connectivity index (χ1) is 17.6. The molecule has 0 radical (unpaired) electrons. The van der Waals surface area contributed by atoms with Crippen molar-refractivity contribution in [3.8, 4) is 0 Å². The highest BCUT2D eigenvalue weighted by atomic mass is 32.2. The minimum absolute atomic E-state index is 0.0381. The van der Waals surface area contributed by atoms with Crippen LogP contribution in [0.5, 0.6) is 0 Å². The van der Waals surface area contributed by atoms with Gasteiger partial charge in [-0.1, -0.05) is 6.42 Å². The van der Waals surface area contributed by atoms with Gasteiger partial charge >= 0.3 is 5.97 Å². The first-order valence-corrected chi connectivity index (χ1v) is 13.3. The number of hydrogen-bond donors (Lipinski definition) is 8. The van der Waals surface area contributed by atoms with Gasteiger partial charge in [0, 0.05) is 24.7 Å². The Labute approximate surface area is 219 Å². The van der Waals surface area contributed by atoms with E-state index in [1.165, 1.54) is 24.3 Å². The second kappa shape index (κ2) is 17.3. The molecular weight excluding hydrogens is 504 g/mol. The van der Waals surface area contributed by atoms with Crippen molar-refractivity contribution in [1.82, 2.24) is 25.9 Å². The van der Waals surface area contributed by atoms with Crippen LogP contribution in [-0.2, 0) is 30.4 Å². The van der Waals surface area contributed by atoms with Gasteiger partial charge in [0.1, 0.15) is 18.1 Å². The molecule has 0 spiro atoms. The highest BCUT2D eigenvalue weighted by molar-refractivity contribution is 7.98. The molecule has 37 heavy (non-hydrogen) atoms. The van der Waals surface area contributed by atoms with Crippen LogP contribution >= 0.6 is 11.8 Å². The molecular formula is C22H38N8O6S. The van der Waals surface area contributed by atoms with Crippen LogP contribution < -0.4 is 33.2 Å². The molecule has 4 atom stereocenters. The number of aliphatic carboxylic acids is 1. The fourth-order valence-corrected chi connectivity index (χ4v) is 3.81. The zero-order chi connectivity index (χ0) is 27.8. The minimum atomic E-state index is -1.27. The number of hydrogen-bond acceptors (Lipinski definition) is 9. The Morgan fingerprint density at radius 1 is 1.00 bits per heavy atom. The van der Waals surface area contributed by atoms with E-state index in [0.717, 1.165) is 0 Å². The summed E-state index contributed by atoms with van der Waals surface area (Å²) in [4.78, 5) is 68.2. The average molecular weight is 543 g/mol. The summed E-state index contributed by atoms with van der Waals surface area (Å²) >= 11 is 1.43. The van der Waals surface area contributed by atoms with Crippen molar-refractivity contribution in [2.45, 2.75) is 69.1 Å². The summed E-state index contributed by atoms with van der Waals surface area (Å²) < 4.78 is 0. The number of thioether (sulfide) groups is 1. The van der Waals surface area contributed by atoms with Gasteiger partial charge in [0.2, 0.25) is 23.6 Å². The molecule has 0 aliphatic heterocycles. The average Bonchev–Trinajstić information content (AvgIpc) is 3.36. The number of nitrogens with one attached hydrogen (secondary N) is 4. The molecule has 1 rings (SSSR count). The Hall–Kier alpha value is -3.17. The first-order valence-electron chi connectivity index (χ1n) is 11.9. The van der Waals surface area contributed by atoms with Crippen molar-refractivity contribution in [3.63, 3.8) is 0 Å². The number of nitrogens with two attached hydrogens (primary N) is 3. The predicted molar refractivity (Wildman–Crippen MR) is 138 cm³/mol. The number of imidazole rings is 1. The van der Waals surface area contributed by atoms with Gasteiger partial charge in [-0.2, -0.15) is 11.8 Å². The van der Waals surface area contributed by atoms with E-state index in [1.54, 1.807) is 0 Å². The highest BCUT2D eigenvalue weighted by Crippen LogP contribution is 2.07. The van der Waals surface area contributed by atoms with Crippen LogP contribution in [0.25, 0.3) is 0 Å². The van der Waals surface area contributed by atoms with Gasteiger partial charge in [0.15, 0.2) is 0 Å². The van der Waals surface area contributed by atoms with Crippen molar-refractivity contribution in [3.05, 3.63) is 18.2 Å². The van der Waals surface area contributed by atoms with Crippen LogP contribution in [0.4, 0.5) is 0 Å². The molecule has 11 N–H and O–H groups in total. The standard InChI is InChI=1S/C22H38N8O6S/c1-37-9-7-16(21(34)30-17(22(35)36)10-13-11-26-12-27-13)29-20(33)15(5-6-18(25)31)28-19(32)14(24)4-2-3-8-23/h11-12,14-17H,2-10,23-24H2,1H3,(H2,25,31)(H,26,27)(H,28,32)(H,29,33)(H,30,34)(H,35,36). The third-order valence-corrected chi connectivity index (χ3v) is 6.10. The largest absolute Gasteiger partial charge is 0.480 e. The van der Waals surface area contributed by atoms with Crippen LogP contribution in [0.15, 0.2) is 12.5 Å². The molecule has 0 aliphatic rings. The summed E-state index contributed by atoms with van der Waals surface area (Å²) in [6.45, 7) is 0.460. The van der Waals surface area contributed by atoms with E-state index in [-0.39, 0.29) is 25.7 Å². The van der Waals surface area contributed by atoms with Gasteiger partial charge in [0.25, 0.3) is 0 Å². The molecule has 0 aliphatic carbocycles. The molecule has 1 aromatic heterocycles. The summed E-state index contributed by atoms with van der Waals surface area (Å²) in [6, 6.07) is -4.41. The van der Waals surface area contributed by atoms with E-state index in [9.17, 15) is 29.1 Å². The van der Waals surface area contributed by atoms with E-state index in [1.807, 2.05) is 6.26 Å². The maximum atomic E-state index is 13.1. The summed E-state index contributed by atoms with van der Waals surface area (Å²) in [6.07, 6.45) is 6.21. The maximum Gasteiger partial charge on any atom is 0.326 e. The summed E-state index contributed by atoms with van der Waals surface area (Å²) in [5.74, 6) is -3.44. The van der Waals surface area contributed by atoms with Crippen molar-refractivity contribution in [2.24, 2.45) is 17.2 Å². The number of H-pyrrole nitrogens is 1. The SMILES string of the molecule is CSCCC(NC(=O)C(CCC(N)=O)NC(=O)C(N)CCCCN)C(=O)NC(Cc1cnc[nH]1)C(=O)O. The number of carboxylic acids is 1. The topological polar surface area (TPSA) is 248 Å². The lowest BCUT2D eigenvalue weighted by Crippen LogP contribution is -2.57. The quantitative estimate of drug-likeness (QED) is 0.0890. The Bertz CT molecular complexity index is 885. The molecule has 208 valence electrons. The van der Waals surface area contributed by atoms with E-state index in [0.29, 0.717) is 37.3 Å². The van der Waals surface area contributed by atoms with Crippen LogP contribution in [0.3, 0.4) is 0 Å². The molecule has 0 bridgehead atoms. The summed E-state index contributed by atoms with van der Waals surface area (Å²) in [5.41, 5.74) is 17.1. The van der Waals surface area contributed by atoms with Gasteiger partial charge in [-0.25, -0.2) is 9.78 Å². The fourth-order valence-electron chi connectivity index (χ4n) is 3.34. The van der Waals surface area contributed by atoms with Crippen molar-refractivity contribution in [1.29, 1.82) is 0 Å². The lowest BCUT2D eigenvalue weighted by Gasteiger charge is -2.25.